The predicted molar refractivity (Wildman–Crippen MR) is 60.0 cm³/mol. The maximum Gasteiger partial charge on any atom is 0.130 e. The Kier molecular flexibility index (Phi) is 4.04. The average Bonchev–Trinajstić information content (AvgIpc) is 2.80. The third-order valence-electron chi connectivity index (χ3n) is 3.14. The number of hydrogen-bond acceptors (Lipinski definition) is 3. The Balaban J connectivity index is 2.16. The van der Waals surface area contributed by atoms with E-state index < -0.39 is 17.7 Å². The van der Waals surface area contributed by atoms with Crippen molar-refractivity contribution in [3.63, 3.8) is 0 Å². The van der Waals surface area contributed by atoms with Crippen molar-refractivity contribution in [3.8, 4) is 0 Å². The second kappa shape index (κ2) is 5.53. The van der Waals surface area contributed by atoms with Crippen LogP contribution in [0.1, 0.15) is 24.4 Å². The van der Waals surface area contributed by atoms with E-state index >= 15 is 0 Å². The summed E-state index contributed by atoms with van der Waals surface area (Å²) in [4.78, 5) is 0. The second-order valence-electron chi connectivity index (χ2n) is 4.32. The van der Waals surface area contributed by atoms with Gasteiger partial charge in [-0.05, 0) is 30.9 Å². The van der Waals surface area contributed by atoms with Crippen molar-refractivity contribution in [2.75, 3.05) is 13.2 Å². The Bertz CT molecular complexity index is 361. The molecule has 0 amide bonds. The van der Waals surface area contributed by atoms with Crippen LogP contribution >= 0.6 is 0 Å². The summed E-state index contributed by atoms with van der Waals surface area (Å²) in [6, 6.07) is 3.32. The molecule has 0 radical (unpaired) electrons. The van der Waals surface area contributed by atoms with Gasteiger partial charge >= 0.3 is 0 Å². The highest BCUT2D eigenvalue weighted by atomic mass is 19.1. The summed E-state index contributed by atoms with van der Waals surface area (Å²) < 4.78 is 32.4. The molecule has 1 aliphatic heterocycles. The molecule has 3 N–H and O–H groups in total. The predicted octanol–water partition coefficient (Wildman–Crippen LogP) is 1.90. The zero-order valence-corrected chi connectivity index (χ0v) is 9.46. The maximum absolute atomic E-state index is 13.6. The fraction of sp³-hybridized carbons (Fsp3) is 0.500. The smallest absolute Gasteiger partial charge is 0.130 e. The molecule has 2 unspecified atom stereocenters. The number of halogens is 2. The molecule has 0 aromatic heterocycles. The van der Waals surface area contributed by atoms with Crippen molar-refractivity contribution in [1.29, 1.82) is 0 Å². The number of hydrazine groups is 1. The standard InChI is InChI=1S/C12H16F2N2O/c13-9-2-1-3-10(14)12(9)11(16-15)6-8-4-5-17-7-8/h1-3,8,11,16H,4-7,15H2. The van der Waals surface area contributed by atoms with Crippen LogP contribution in [-0.4, -0.2) is 13.2 Å². The van der Waals surface area contributed by atoms with Gasteiger partial charge < -0.3 is 4.74 Å². The Hall–Kier alpha value is -1.04. The van der Waals surface area contributed by atoms with Gasteiger partial charge in [-0.2, -0.15) is 0 Å². The summed E-state index contributed by atoms with van der Waals surface area (Å²) in [5, 5.41) is 0. The highest BCUT2D eigenvalue weighted by Crippen LogP contribution is 2.29. The van der Waals surface area contributed by atoms with Crippen LogP contribution in [0.25, 0.3) is 0 Å². The Labute approximate surface area is 98.9 Å². The molecule has 2 atom stereocenters. The van der Waals surface area contributed by atoms with Gasteiger partial charge in [0.05, 0.1) is 6.04 Å². The summed E-state index contributed by atoms with van der Waals surface area (Å²) >= 11 is 0. The van der Waals surface area contributed by atoms with Crippen molar-refractivity contribution >= 4 is 0 Å². The lowest BCUT2D eigenvalue weighted by Gasteiger charge is -2.20. The molecule has 1 heterocycles. The number of nitrogens with one attached hydrogen (secondary N) is 1. The van der Waals surface area contributed by atoms with Crippen LogP contribution in [0, 0.1) is 17.6 Å². The van der Waals surface area contributed by atoms with Gasteiger partial charge in [0.1, 0.15) is 11.6 Å². The van der Waals surface area contributed by atoms with E-state index in [0.717, 1.165) is 6.42 Å². The molecule has 17 heavy (non-hydrogen) atoms. The van der Waals surface area contributed by atoms with E-state index in [9.17, 15) is 8.78 Å². The van der Waals surface area contributed by atoms with E-state index in [0.29, 0.717) is 25.6 Å². The molecule has 1 fully saturated rings. The van der Waals surface area contributed by atoms with Crippen molar-refractivity contribution < 1.29 is 13.5 Å². The van der Waals surface area contributed by atoms with Crippen LogP contribution in [0.5, 0.6) is 0 Å². The Morgan fingerprint density at radius 3 is 2.65 bits per heavy atom. The molecule has 1 aromatic carbocycles. The average molecular weight is 242 g/mol. The van der Waals surface area contributed by atoms with Crippen LogP contribution in [0.2, 0.25) is 0 Å². The molecule has 3 nitrogen and oxygen atoms in total. The van der Waals surface area contributed by atoms with Gasteiger partial charge in [-0.3, -0.25) is 11.3 Å². The summed E-state index contributed by atoms with van der Waals surface area (Å²) in [6.45, 7) is 1.34. The van der Waals surface area contributed by atoms with Gasteiger partial charge in [-0.15, -0.1) is 0 Å². The molecule has 1 aliphatic rings. The van der Waals surface area contributed by atoms with E-state index in [1.807, 2.05) is 0 Å². The van der Waals surface area contributed by atoms with Gasteiger partial charge in [-0.25, -0.2) is 8.78 Å². The molecule has 0 bridgehead atoms. The maximum atomic E-state index is 13.6. The molecule has 0 saturated carbocycles. The number of ether oxygens (including phenoxy) is 1. The van der Waals surface area contributed by atoms with Gasteiger partial charge in [0, 0.05) is 18.8 Å². The quantitative estimate of drug-likeness (QED) is 0.626. The highest BCUT2D eigenvalue weighted by molar-refractivity contribution is 5.23. The van der Waals surface area contributed by atoms with Crippen molar-refractivity contribution in [3.05, 3.63) is 35.4 Å². The van der Waals surface area contributed by atoms with Crippen LogP contribution in [0.3, 0.4) is 0 Å². The third-order valence-corrected chi connectivity index (χ3v) is 3.14. The normalized spacial score (nSPS) is 21.7. The number of nitrogens with two attached hydrogens (primary N) is 1. The lowest BCUT2D eigenvalue weighted by atomic mass is 9.94. The fourth-order valence-corrected chi connectivity index (χ4v) is 2.22. The van der Waals surface area contributed by atoms with Gasteiger partial charge in [0.15, 0.2) is 0 Å². The summed E-state index contributed by atoms with van der Waals surface area (Å²) in [5.41, 5.74) is 2.51. The van der Waals surface area contributed by atoms with Crippen molar-refractivity contribution in [2.24, 2.45) is 11.8 Å². The molecule has 1 aromatic rings. The first kappa shape index (κ1) is 12.4. The highest BCUT2D eigenvalue weighted by Gasteiger charge is 2.25. The first-order chi connectivity index (χ1) is 8.22. The number of hydrogen-bond donors (Lipinski definition) is 2. The largest absolute Gasteiger partial charge is 0.381 e. The molecular formula is C12H16F2N2O. The molecule has 0 spiro atoms. The number of rotatable bonds is 4. The van der Waals surface area contributed by atoms with E-state index in [2.05, 4.69) is 5.43 Å². The fourth-order valence-electron chi connectivity index (χ4n) is 2.22. The van der Waals surface area contributed by atoms with Crippen LogP contribution in [0.4, 0.5) is 8.78 Å². The topological polar surface area (TPSA) is 47.3 Å². The van der Waals surface area contributed by atoms with E-state index in [-0.39, 0.29) is 5.56 Å². The molecule has 94 valence electrons. The van der Waals surface area contributed by atoms with Gasteiger partial charge in [-0.1, -0.05) is 6.07 Å². The zero-order valence-electron chi connectivity index (χ0n) is 9.46. The summed E-state index contributed by atoms with van der Waals surface area (Å²) in [5.74, 6) is 4.57. The monoisotopic (exact) mass is 242 g/mol. The third kappa shape index (κ3) is 2.80. The second-order valence-corrected chi connectivity index (χ2v) is 4.32. The van der Waals surface area contributed by atoms with E-state index in [4.69, 9.17) is 10.6 Å². The van der Waals surface area contributed by atoms with E-state index in [1.165, 1.54) is 18.2 Å². The minimum absolute atomic E-state index is 0.0156. The lowest BCUT2D eigenvalue weighted by molar-refractivity contribution is 0.181. The molecular weight excluding hydrogens is 226 g/mol. The Morgan fingerprint density at radius 1 is 1.41 bits per heavy atom. The first-order valence-corrected chi connectivity index (χ1v) is 5.70. The first-order valence-electron chi connectivity index (χ1n) is 5.70. The Morgan fingerprint density at radius 2 is 2.12 bits per heavy atom. The molecule has 0 aliphatic carbocycles. The lowest BCUT2D eigenvalue weighted by Crippen LogP contribution is -2.31. The van der Waals surface area contributed by atoms with Gasteiger partial charge in [0.25, 0.3) is 0 Å². The minimum atomic E-state index is -0.563. The minimum Gasteiger partial charge on any atom is -0.381 e. The van der Waals surface area contributed by atoms with Crippen molar-refractivity contribution in [1.82, 2.24) is 5.43 Å². The summed E-state index contributed by atoms with van der Waals surface area (Å²) in [6.07, 6.45) is 1.49. The zero-order chi connectivity index (χ0) is 12.3. The number of benzene rings is 1. The summed E-state index contributed by atoms with van der Waals surface area (Å²) in [7, 11) is 0. The van der Waals surface area contributed by atoms with Crippen LogP contribution in [-0.2, 0) is 4.74 Å². The SMILES string of the molecule is NNC(CC1CCOC1)c1c(F)cccc1F. The van der Waals surface area contributed by atoms with Gasteiger partial charge in [0.2, 0.25) is 0 Å². The van der Waals surface area contributed by atoms with E-state index in [1.54, 1.807) is 0 Å². The molecule has 1 saturated heterocycles. The van der Waals surface area contributed by atoms with Crippen molar-refractivity contribution in [2.45, 2.75) is 18.9 Å². The van der Waals surface area contributed by atoms with Crippen LogP contribution in [0.15, 0.2) is 18.2 Å². The molecule has 2 rings (SSSR count). The molecule has 5 heteroatoms. The van der Waals surface area contributed by atoms with Crippen LogP contribution < -0.4 is 11.3 Å².